The Morgan fingerprint density at radius 3 is 1.25 bits per heavy atom. The van der Waals surface area contributed by atoms with Gasteiger partial charge in [0.15, 0.2) is 6.10 Å². The van der Waals surface area contributed by atoms with Gasteiger partial charge in [0.2, 0.25) is 0 Å². The summed E-state index contributed by atoms with van der Waals surface area (Å²) in [5.74, 6) is -0.821. The van der Waals surface area contributed by atoms with Crippen molar-refractivity contribution in [1.82, 2.24) is 0 Å². The van der Waals surface area contributed by atoms with Crippen LogP contribution in [0.5, 0.6) is 0 Å². The van der Waals surface area contributed by atoms with Crippen molar-refractivity contribution in [3.8, 4) is 0 Å². The Hall–Kier alpha value is -1.25. The molecule has 0 rings (SSSR count). The molecule has 9 nitrogen and oxygen atoms in total. The molecule has 0 fully saturated rings. The number of unbranched alkanes of at least 4 members (excludes halogenated alkanes) is 30. The molecule has 2 atom stereocenters. The fourth-order valence-corrected chi connectivity index (χ4v) is 7.85. The average molecular weight is 858 g/mol. The minimum Gasteiger partial charge on any atom is -0.756 e. The number of likely N-dealkylation sites (N-methyl/N-ethyl adjacent to an activating group) is 1. The predicted molar refractivity (Wildman–Crippen MR) is 245 cm³/mol. The van der Waals surface area contributed by atoms with Gasteiger partial charge in [-0.3, -0.25) is 14.2 Å². The van der Waals surface area contributed by atoms with Crippen LogP contribution in [0.4, 0.5) is 0 Å². The first-order valence-corrected chi connectivity index (χ1v) is 26.4. The maximum Gasteiger partial charge on any atom is 0.306 e. The molecule has 0 aromatic rings. The average Bonchev–Trinajstić information content (AvgIpc) is 3.19. The molecule has 1 unspecified atom stereocenters. The zero-order valence-corrected chi connectivity index (χ0v) is 40.4. The van der Waals surface area contributed by atoms with Gasteiger partial charge in [0.1, 0.15) is 19.8 Å². The van der Waals surface area contributed by atoms with Gasteiger partial charge in [-0.25, -0.2) is 0 Å². The summed E-state index contributed by atoms with van der Waals surface area (Å²) in [5, 5.41) is 0. The third-order valence-corrected chi connectivity index (χ3v) is 12.0. The van der Waals surface area contributed by atoms with Gasteiger partial charge >= 0.3 is 11.9 Å². The van der Waals surface area contributed by atoms with Gasteiger partial charge in [-0.15, -0.1) is 0 Å². The summed E-state index contributed by atoms with van der Waals surface area (Å²) >= 11 is 0. The van der Waals surface area contributed by atoms with Crippen LogP contribution in [-0.2, 0) is 32.7 Å². The molecular formula is C49H96NO8P. The second-order valence-electron chi connectivity index (χ2n) is 18.2. The summed E-state index contributed by atoms with van der Waals surface area (Å²) in [6.07, 6.45) is 45.2. The van der Waals surface area contributed by atoms with Gasteiger partial charge in [-0.2, -0.15) is 0 Å². The van der Waals surface area contributed by atoms with Crippen molar-refractivity contribution in [2.24, 2.45) is 0 Å². The lowest BCUT2D eigenvalue weighted by Gasteiger charge is -2.28. The normalized spacial score (nSPS) is 13.5. The van der Waals surface area contributed by atoms with E-state index in [0.29, 0.717) is 17.4 Å². The molecule has 0 aromatic carbocycles. The monoisotopic (exact) mass is 858 g/mol. The molecule has 59 heavy (non-hydrogen) atoms. The van der Waals surface area contributed by atoms with Crippen LogP contribution in [0.3, 0.4) is 0 Å². The lowest BCUT2D eigenvalue weighted by Crippen LogP contribution is -2.37. The number of esters is 2. The number of quaternary nitrogens is 1. The number of rotatable bonds is 46. The number of hydrogen-bond donors (Lipinski definition) is 0. The van der Waals surface area contributed by atoms with Crippen molar-refractivity contribution >= 4 is 19.8 Å². The van der Waals surface area contributed by atoms with Crippen molar-refractivity contribution in [2.75, 3.05) is 47.5 Å². The lowest BCUT2D eigenvalue weighted by atomic mass is 10.0. The topological polar surface area (TPSA) is 111 Å². The Morgan fingerprint density at radius 2 is 0.864 bits per heavy atom. The molecule has 0 saturated heterocycles. The minimum absolute atomic E-state index is 0.0274. The summed E-state index contributed by atoms with van der Waals surface area (Å²) in [6.45, 7) is 4.26. The van der Waals surface area contributed by atoms with Crippen LogP contribution < -0.4 is 4.89 Å². The first-order chi connectivity index (χ1) is 28.5. The van der Waals surface area contributed by atoms with Crippen molar-refractivity contribution in [3.63, 3.8) is 0 Å². The Bertz CT molecular complexity index is 1020. The van der Waals surface area contributed by atoms with E-state index < -0.39 is 26.5 Å². The molecule has 350 valence electrons. The van der Waals surface area contributed by atoms with Crippen LogP contribution >= 0.6 is 7.82 Å². The van der Waals surface area contributed by atoms with E-state index in [4.69, 9.17) is 18.5 Å². The quantitative estimate of drug-likeness (QED) is 0.0196. The molecule has 0 heterocycles. The highest BCUT2D eigenvalue weighted by Crippen LogP contribution is 2.38. The van der Waals surface area contributed by atoms with Gasteiger partial charge < -0.3 is 27.9 Å². The van der Waals surface area contributed by atoms with Gasteiger partial charge in [-0.05, 0) is 38.5 Å². The second kappa shape index (κ2) is 42.1. The van der Waals surface area contributed by atoms with Gasteiger partial charge in [0.25, 0.3) is 7.82 Å². The van der Waals surface area contributed by atoms with Crippen molar-refractivity contribution in [2.45, 2.75) is 245 Å². The Labute approximate surface area is 365 Å². The fourth-order valence-electron chi connectivity index (χ4n) is 7.12. The number of phosphoric ester groups is 1. The third-order valence-electron chi connectivity index (χ3n) is 11.0. The van der Waals surface area contributed by atoms with Gasteiger partial charge in [-0.1, -0.05) is 199 Å². The molecular weight excluding hydrogens is 762 g/mol. The molecule has 0 spiro atoms. The van der Waals surface area contributed by atoms with Crippen LogP contribution in [0.1, 0.15) is 239 Å². The number of phosphoric acid groups is 1. The van der Waals surface area contributed by atoms with Crippen LogP contribution in [0.25, 0.3) is 0 Å². The number of nitrogens with zero attached hydrogens (tertiary/aromatic N) is 1. The van der Waals surface area contributed by atoms with E-state index in [0.717, 1.165) is 38.5 Å². The lowest BCUT2D eigenvalue weighted by molar-refractivity contribution is -0.870. The summed E-state index contributed by atoms with van der Waals surface area (Å²) in [6, 6.07) is 0. The number of hydrogen-bond acceptors (Lipinski definition) is 8. The van der Waals surface area contributed by atoms with E-state index in [9.17, 15) is 19.0 Å². The zero-order valence-electron chi connectivity index (χ0n) is 39.5. The van der Waals surface area contributed by atoms with Crippen LogP contribution in [0.15, 0.2) is 12.2 Å². The van der Waals surface area contributed by atoms with Gasteiger partial charge in [0, 0.05) is 12.8 Å². The molecule has 0 radical (unpaired) electrons. The molecule has 0 aromatic heterocycles. The van der Waals surface area contributed by atoms with E-state index in [2.05, 4.69) is 26.0 Å². The van der Waals surface area contributed by atoms with E-state index >= 15 is 0 Å². The first-order valence-electron chi connectivity index (χ1n) is 24.9. The highest BCUT2D eigenvalue weighted by atomic mass is 31.2. The molecule has 0 aliphatic rings. The Morgan fingerprint density at radius 1 is 0.508 bits per heavy atom. The largest absolute Gasteiger partial charge is 0.756 e. The van der Waals surface area contributed by atoms with Crippen molar-refractivity contribution in [1.29, 1.82) is 0 Å². The molecule has 0 amide bonds. The van der Waals surface area contributed by atoms with Crippen LogP contribution in [-0.4, -0.2) is 70.0 Å². The van der Waals surface area contributed by atoms with Crippen molar-refractivity contribution in [3.05, 3.63) is 12.2 Å². The maximum atomic E-state index is 12.7. The zero-order chi connectivity index (χ0) is 43.6. The number of ether oxygens (including phenoxy) is 2. The number of carbonyl (C=O) groups excluding carboxylic acids is 2. The molecule has 0 aliphatic carbocycles. The minimum atomic E-state index is -4.62. The van der Waals surface area contributed by atoms with E-state index in [1.54, 1.807) is 0 Å². The first kappa shape index (κ1) is 57.8. The van der Waals surface area contributed by atoms with Crippen molar-refractivity contribution < 1.29 is 42.1 Å². The molecule has 10 heteroatoms. The molecule has 0 aliphatic heterocycles. The fraction of sp³-hybridized carbons (Fsp3) is 0.918. The van der Waals surface area contributed by atoms with E-state index in [1.165, 1.54) is 167 Å². The van der Waals surface area contributed by atoms with Gasteiger partial charge in [0.05, 0.1) is 27.7 Å². The van der Waals surface area contributed by atoms with Crippen LogP contribution in [0, 0.1) is 0 Å². The third kappa shape index (κ3) is 46.1. The summed E-state index contributed by atoms with van der Waals surface area (Å²) in [7, 11) is 1.18. The number of carbonyl (C=O) groups is 2. The Kier molecular flexibility index (Phi) is 41.2. The van der Waals surface area contributed by atoms with E-state index in [-0.39, 0.29) is 32.0 Å². The predicted octanol–water partition coefficient (Wildman–Crippen LogP) is 13.9. The molecule has 0 N–H and O–H groups in total. The highest BCUT2D eigenvalue weighted by Gasteiger charge is 2.21. The summed E-state index contributed by atoms with van der Waals surface area (Å²) in [4.78, 5) is 37.6. The smallest absolute Gasteiger partial charge is 0.306 e. The summed E-state index contributed by atoms with van der Waals surface area (Å²) in [5.41, 5.74) is 0. The Balaban J connectivity index is 4.22. The summed E-state index contributed by atoms with van der Waals surface area (Å²) < 4.78 is 34.0. The number of allylic oxidation sites excluding steroid dienone is 2. The maximum absolute atomic E-state index is 12.7. The SMILES string of the molecule is CCCCCCCC/C=C/CCCCCCCCCCCCCC(=O)O[C@H](COC(=O)CCCCCCCCCCCCCCCC)COP(=O)([O-])OCC[N+](C)(C)C. The van der Waals surface area contributed by atoms with E-state index in [1.807, 2.05) is 21.1 Å². The standard InChI is InChI=1S/C49H96NO8P/c1-6-8-10-12-14-16-18-20-22-23-24-25-26-27-28-30-32-34-36-38-40-42-49(52)58-47(46-57-59(53,54)56-44-43-50(3,4)5)45-55-48(51)41-39-37-35-33-31-29-21-19-17-15-13-11-9-7-2/h20,22,47H,6-19,21,23-46H2,1-5H3/b22-20+/t47-/m1/s1. The second-order valence-corrected chi connectivity index (χ2v) is 19.6. The highest BCUT2D eigenvalue weighted by molar-refractivity contribution is 7.45. The van der Waals surface area contributed by atoms with Crippen LogP contribution in [0.2, 0.25) is 0 Å². The molecule has 0 saturated carbocycles. The molecule has 0 bridgehead atoms.